The molecule has 0 unspecified atom stereocenters. The minimum Gasteiger partial charge on any atom is -0.467 e. The maximum atomic E-state index is 4.88. The van der Waals surface area contributed by atoms with Gasteiger partial charge in [-0.2, -0.15) is 10.1 Å². The van der Waals surface area contributed by atoms with E-state index in [2.05, 4.69) is 43.8 Å². The summed E-state index contributed by atoms with van der Waals surface area (Å²) >= 11 is 7.34. The second-order valence-corrected chi connectivity index (χ2v) is 3.40. The molecular weight excluding hydrogens is 256 g/mol. The Hall–Kier alpha value is -0.820. The highest BCUT2D eigenvalue weighted by atomic mass is 79.9. The van der Waals surface area contributed by atoms with Crippen LogP contribution in [-0.2, 0) is 0 Å². The molecule has 0 fully saturated rings. The molecule has 0 N–H and O–H groups in total. The zero-order valence-corrected chi connectivity index (χ0v) is 9.08. The van der Waals surface area contributed by atoms with Gasteiger partial charge in [-0.15, -0.1) is 0 Å². The van der Waals surface area contributed by atoms with Crippen molar-refractivity contribution in [3.05, 3.63) is 10.8 Å². The van der Waals surface area contributed by atoms with Crippen LogP contribution in [-0.4, -0.2) is 26.3 Å². The minimum absolute atomic E-state index is 0.314. The molecule has 0 aromatic carbocycles. The van der Waals surface area contributed by atoms with Gasteiger partial charge in [0.1, 0.15) is 11.0 Å². The van der Waals surface area contributed by atoms with Crippen LogP contribution in [0.4, 0.5) is 0 Å². The Kier molecular flexibility index (Phi) is 2.12. The zero-order chi connectivity index (χ0) is 9.42. The van der Waals surface area contributed by atoms with Crippen molar-refractivity contribution in [1.29, 1.82) is 0 Å². The van der Waals surface area contributed by atoms with Crippen molar-refractivity contribution in [3.63, 3.8) is 0 Å². The lowest BCUT2D eigenvalue weighted by Gasteiger charge is -1.95. The highest BCUT2D eigenvalue weighted by Gasteiger charge is 2.09. The van der Waals surface area contributed by atoms with E-state index in [-0.39, 0.29) is 0 Å². The first kappa shape index (κ1) is 8.76. The summed E-state index contributed by atoms with van der Waals surface area (Å²) in [6, 6.07) is 0.314. The van der Waals surface area contributed by atoms with Gasteiger partial charge in [0.25, 0.3) is 0 Å². The molecule has 13 heavy (non-hydrogen) atoms. The number of hydrogen-bond acceptors (Lipinski definition) is 5. The molecule has 0 aliphatic carbocycles. The number of aromatic nitrogens is 4. The number of ether oxygens (including phenoxy) is 1. The van der Waals surface area contributed by atoms with Crippen molar-refractivity contribution in [3.8, 4) is 6.01 Å². The molecule has 0 aliphatic heterocycles. The Bertz CT molecular complexity index is 457. The maximum absolute atomic E-state index is 4.88. The Morgan fingerprint density at radius 1 is 1.62 bits per heavy atom. The lowest BCUT2D eigenvalue weighted by molar-refractivity contribution is 0.381. The Labute approximate surface area is 87.8 Å². The average molecular weight is 261 g/mol. The van der Waals surface area contributed by atoms with Crippen molar-refractivity contribution in [2.75, 3.05) is 7.11 Å². The molecule has 0 bridgehead atoms. The van der Waals surface area contributed by atoms with E-state index in [0.29, 0.717) is 16.1 Å². The van der Waals surface area contributed by atoms with Crippen molar-refractivity contribution in [1.82, 2.24) is 19.2 Å². The average Bonchev–Trinajstić information content (AvgIpc) is 2.42. The zero-order valence-electron chi connectivity index (χ0n) is 6.60. The summed E-state index contributed by atoms with van der Waals surface area (Å²) in [7, 11) is 1.51. The summed E-state index contributed by atoms with van der Waals surface area (Å²) < 4.78 is 6.91. The lowest BCUT2D eigenvalue weighted by Crippen LogP contribution is -1.91. The Morgan fingerprint density at radius 2 is 2.38 bits per heavy atom. The lowest BCUT2D eigenvalue weighted by atomic mass is 10.5. The second kappa shape index (κ2) is 3.15. The number of rotatable bonds is 1. The monoisotopic (exact) mass is 260 g/mol. The van der Waals surface area contributed by atoms with Crippen molar-refractivity contribution in [2.45, 2.75) is 0 Å². The third-order valence-electron chi connectivity index (χ3n) is 1.52. The smallest absolute Gasteiger partial charge is 0.316 e. The molecule has 2 aromatic rings. The van der Waals surface area contributed by atoms with Gasteiger partial charge in [-0.3, -0.25) is 0 Å². The van der Waals surface area contributed by atoms with E-state index in [4.69, 9.17) is 4.74 Å². The van der Waals surface area contributed by atoms with E-state index < -0.39 is 0 Å². The van der Waals surface area contributed by atoms with Crippen LogP contribution in [0.1, 0.15) is 0 Å². The van der Waals surface area contributed by atoms with Crippen LogP contribution in [0.15, 0.2) is 10.8 Å². The standard InChI is InChI=1S/C6H5BrN4OS/c1-12-6-8-2-3-4(9-6)5(7)10-11(3)13/h2,13H,1H3. The van der Waals surface area contributed by atoms with Crippen LogP contribution in [0, 0.1) is 0 Å². The molecule has 5 nitrogen and oxygen atoms in total. The SMILES string of the molecule is COc1ncc2c(n1)c(Br)nn2S. The topological polar surface area (TPSA) is 52.8 Å². The van der Waals surface area contributed by atoms with Gasteiger partial charge in [-0.05, 0) is 28.7 Å². The molecule has 2 aromatic heterocycles. The molecule has 0 saturated heterocycles. The maximum Gasteiger partial charge on any atom is 0.316 e. The predicted molar refractivity (Wildman–Crippen MR) is 54.0 cm³/mol. The van der Waals surface area contributed by atoms with Gasteiger partial charge in [-0.25, -0.2) is 9.07 Å². The van der Waals surface area contributed by atoms with Gasteiger partial charge in [0.15, 0.2) is 4.60 Å². The van der Waals surface area contributed by atoms with Crippen LogP contribution in [0.5, 0.6) is 6.01 Å². The number of hydrogen-bond donors (Lipinski definition) is 1. The molecule has 0 atom stereocenters. The summed E-state index contributed by atoms with van der Waals surface area (Å²) in [6.07, 6.45) is 1.60. The van der Waals surface area contributed by atoms with E-state index >= 15 is 0 Å². The molecule has 0 radical (unpaired) electrons. The summed E-state index contributed by atoms with van der Waals surface area (Å²) in [4.78, 5) is 8.04. The first-order valence-corrected chi connectivity index (χ1v) is 4.56. The number of halogens is 1. The largest absolute Gasteiger partial charge is 0.467 e. The molecule has 2 heterocycles. The van der Waals surface area contributed by atoms with Gasteiger partial charge in [-0.1, -0.05) is 0 Å². The third-order valence-corrected chi connectivity index (χ3v) is 2.36. The van der Waals surface area contributed by atoms with Gasteiger partial charge >= 0.3 is 6.01 Å². The van der Waals surface area contributed by atoms with Crippen LogP contribution >= 0.6 is 28.7 Å². The fourth-order valence-corrected chi connectivity index (χ4v) is 1.75. The summed E-state index contributed by atoms with van der Waals surface area (Å²) in [5.41, 5.74) is 1.41. The fourth-order valence-electron chi connectivity index (χ4n) is 0.940. The van der Waals surface area contributed by atoms with Crippen LogP contribution in [0.2, 0.25) is 0 Å². The number of thiol groups is 1. The molecular formula is C6H5BrN4OS. The van der Waals surface area contributed by atoms with Gasteiger partial charge in [0, 0.05) is 0 Å². The second-order valence-electron chi connectivity index (χ2n) is 2.27. The minimum atomic E-state index is 0.314. The van der Waals surface area contributed by atoms with Crippen LogP contribution in [0.25, 0.3) is 11.0 Å². The Balaban J connectivity index is 2.76. The van der Waals surface area contributed by atoms with E-state index in [1.807, 2.05) is 0 Å². The molecule has 0 aliphatic rings. The molecule has 7 heteroatoms. The highest BCUT2D eigenvalue weighted by Crippen LogP contribution is 2.22. The molecule has 0 spiro atoms. The van der Waals surface area contributed by atoms with Gasteiger partial charge in [0.05, 0.1) is 13.3 Å². The molecule has 0 saturated carbocycles. The number of fused-ring (bicyclic) bond motifs is 1. The molecule has 68 valence electrons. The van der Waals surface area contributed by atoms with E-state index in [1.54, 1.807) is 6.20 Å². The number of methoxy groups -OCH3 is 1. The van der Waals surface area contributed by atoms with E-state index in [9.17, 15) is 0 Å². The summed E-state index contributed by atoms with van der Waals surface area (Å²) in [5, 5.41) is 4.01. The highest BCUT2D eigenvalue weighted by molar-refractivity contribution is 9.10. The normalized spacial score (nSPS) is 10.7. The number of nitrogens with zero attached hydrogens (tertiary/aromatic N) is 4. The van der Waals surface area contributed by atoms with Crippen LogP contribution < -0.4 is 4.74 Å². The van der Waals surface area contributed by atoms with Crippen molar-refractivity contribution in [2.24, 2.45) is 0 Å². The van der Waals surface area contributed by atoms with E-state index in [1.165, 1.54) is 11.2 Å². The van der Waals surface area contributed by atoms with Gasteiger partial charge in [0.2, 0.25) is 0 Å². The molecule has 2 rings (SSSR count). The van der Waals surface area contributed by atoms with Crippen molar-refractivity contribution >= 4 is 39.8 Å². The summed E-state index contributed by atoms with van der Waals surface area (Å²) in [6.45, 7) is 0. The summed E-state index contributed by atoms with van der Waals surface area (Å²) in [5.74, 6) is 0. The first-order valence-electron chi connectivity index (χ1n) is 3.37. The molecule has 0 amide bonds. The Morgan fingerprint density at radius 3 is 3.08 bits per heavy atom. The fraction of sp³-hybridized carbons (Fsp3) is 0.167. The van der Waals surface area contributed by atoms with E-state index in [0.717, 1.165) is 5.52 Å². The quantitative estimate of drug-likeness (QED) is 0.786. The van der Waals surface area contributed by atoms with Gasteiger partial charge < -0.3 is 4.74 Å². The first-order chi connectivity index (χ1) is 6.22. The van der Waals surface area contributed by atoms with Crippen LogP contribution in [0.3, 0.4) is 0 Å². The van der Waals surface area contributed by atoms with Crippen molar-refractivity contribution < 1.29 is 4.74 Å². The predicted octanol–water partition coefficient (Wildman–Crippen LogP) is 1.29. The third kappa shape index (κ3) is 1.37.